The number of carbonyl (C=O) groups is 1. The summed E-state index contributed by atoms with van der Waals surface area (Å²) < 4.78 is 1.25. The summed E-state index contributed by atoms with van der Waals surface area (Å²) in [6.07, 6.45) is 3.35. The molecule has 7 nitrogen and oxygen atoms in total. The molecule has 7 heteroatoms. The maximum absolute atomic E-state index is 12.8. The van der Waals surface area contributed by atoms with Crippen LogP contribution in [0.2, 0.25) is 0 Å². The number of amides is 1. The third-order valence-electron chi connectivity index (χ3n) is 5.47. The minimum absolute atomic E-state index is 0.0543. The predicted molar refractivity (Wildman–Crippen MR) is 116 cm³/mol. The van der Waals surface area contributed by atoms with E-state index in [-0.39, 0.29) is 18.0 Å². The summed E-state index contributed by atoms with van der Waals surface area (Å²) in [5, 5.41) is 4.38. The van der Waals surface area contributed by atoms with Crippen LogP contribution >= 0.6 is 0 Å². The van der Waals surface area contributed by atoms with Gasteiger partial charge in [0.2, 0.25) is 5.91 Å². The second-order valence-corrected chi connectivity index (χ2v) is 7.61. The molecule has 0 unspecified atom stereocenters. The number of carbonyl (C=O) groups excluding carboxylic acids is 1. The van der Waals surface area contributed by atoms with Crippen LogP contribution in [0.25, 0.3) is 11.3 Å². The summed E-state index contributed by atoms with van der Waals surface area (Å²) in [6.45, 7) is 6.95. The normalized spacial score (nSPS) is 14.1. The highest BCUT2D eigenvalue weighted by atomic mass is 16.2. The van der Waals surface area contributed by atoms with Crippen molar-refractivity contribution in [3.8, 4) is 11.3 Å². The molecule has 3 heterocycles. The fourth-order valence-corrected chi connectivity index (χ4v) is 3.72. The lowest BCUT2D eigenvalue weighted by Crippen LogP contribution is -2.50. The Morgan fingerprint density at radius 3 is 2.43 bits per heavy atom. The van der Waals surface area contributed by atoms with E-state index in [4.69, 9.17) is 0 Å². The molecule has 1 aromatic carbocycles. The molecule has 1 amide bonds. The zero-order valence-electron chi connectivity index (χ0n) is 17.3. The van der Waals surface area contributed by atoms with Crippen molar-refractivity contribution < 1.29 is 4.79 Å². The Morgan fingerprint density at radius 1 is 0.967 bits per heavy atom. The van der Waals surface area contributed by atoms with Crippen molar-refractivity contribution in [2.75, 3.05) is 31.1 Å². The van der Waals surface area contributed by atoms with Crippen LogP contribution in [0, 0.1) is 13.8 Å². The molecule has 154 valence electrons. The highest BCUT2D eigenvalue weighted by Crippen LogP contribution is 2.23. The molecule has 4 rings (SSSR count). The largest absolute Gasteiger partial charge is 0.368 e. The van der Waals surface area contributed by atoms with Crippen molar-refractivity contribution >= 4 is 11.6 Å². The number of hydrogen-bond donors (Lipinski definition) is 0. The molecular weight excluding hydrogens is 378 g/mol. The molecule has 3 aromatic rings. The van der Waals surface area contributed by atoms with Gasteiger partial charge < -0.3 is 9.80 Å². The first-order chi connectivity index (χ1) is 14.5. The smallest absolute Gasteiger partial charge is 0.267 e. The van der Waals surface area contributed by atoms with Crippen LogP contribution in [0.4, 0.5) is 5.69 Å². The predicted octanol–water partition coefficient (Wildman–Crippen LogP) is 2.27. The standard InChI is InChI=1S/C23H25N5O2/c1-17-3-4-18(2)21(15-17)26-11-13-27(14-12-26)23(30)16-28-22(29)6-5-20(25-28)19-7-9-24-10-8-19/h3-10,15H,11-14,16H2,1-2H3. The molecule has 2 aromatic heterocycles. The maximum Gasteiger partial charge on any atom is 0.267 e. The SMILES string of the molecule is Cc1ccc(C)c(N2CCN(C(=O)Cn3nc(-c4ccncc4)ccc3=O)CC2)c1. The van der Waals surface area contributed by atoms with Gasteiger partial charge in [-0.05, 0) is 49.2 Å². The van der Waals surface area contributed by atoms with Gasteiger partial charge in [-0.3, -0.25) is 14.6 Å². The van der Waals surface area contributed by atoms with Gasteiger partial charge in [-0.15, -0.1) is 0 Å². The number of rotatable bonds is 4. The van der Waals surface area contributed by atoms with Crippen molar-refractivity contribution in [3.63, 3.8) is 0 Å². The monoisotopic (exact) mass is 403 g/mol. The van der Waals surface area contributed by atoms with Gasteiger partial charge in [-0.1, -0.05) is 12.1 Å². The van der Waals surface area contributed by atoms with Gasteiger partial charge in [-0.25, -0.2) is 4.68 Å². The van der Waals surface area contributed by atoms with Crippen molar-refractivity contribution in [1.82, 2.24) is 19.7 Å². The third kappa shape index (κ3) is 4.25. The fraction of sp³-hybridized carbons (Fsp3) is 0.304. The van der Waals surface area contributed by atoms with Crippen LogP contribution in [0.1, 0.15) is 11.1 Å². The zero-order chi connectivity index (χ0) is 21.1. The first-order valence-electron chi connectivity index (χ1n) is 10.1. The quantitative estimate of drug-likeness (QED) is 0.668. The summed E-state index contributed by atoms with van der Waals surface area (Å²) in [4.78, 5) is 33.2. The van der Waals surface area contributed by atoms with E-state index in [0.717, 1.165) is 18.7 Å². The van der Waals surface area contributed by atoms with Gasteiger partial charge in [0.1, 0.15) is 6.54 Å². The average molecular weight is 403 g/mol. The minimum atomic E-state index is -0.282. The summed E-state index contributed by atoms with van der Waals surface area (Å²) in [7, 11) is 0. The number of aromatic nitrogens is 3. The maximum atomic E-state index is 12.8. The highest BCUT2D eigenvalue weighted by molar-refractivity contribution is 5.76. The van der Waals surface area contributed by atoms with E-state index >= 15 is 0 Å². The molecular formula is C23H25N5O2. The fourth-order valence-electron chi connectivity index (χ4n) is 3.72. The molecule has 0 atom stereocenters. The minimum Gasteiger partial charge on any atom is -0.368 e. The Labute approximate surface area is 175 Å². The first-order valence-corrected chi connectivity index (χ1v) is 10.1. The Kier molecular flexibility index (Phi) is 5.61. The summed E-state index contributed by atoms with van der Waals surface area (Å²) >= 11 is 0. The molecule has 1 aliphatic rings. The van der Waals surface area contributed by atoms with E-state index in [2.05, 4.69) is 47.0 Å². The molecule has 0 saturated carbocycles. The van der Waals surface area contributed by atoms with E-state index in [1.807, 2.05) is 17.0 Å². The summed E-state index contributed by atoms with van der Waals surface area (Å²) in [5.74, 6) is -0.0860. The number of piperazine rings is 1. The van der Waals surface area contributed by atoms with E-state index in [0.29, 0.717) is 18.8 Å². The number of anilines is 1. The number of nitrogens with zero attached hydrogens (tertiary/aromatic N) is 5. The summed E-state index contributed by atoms with van der Waals surface area (Å²) in [5.41, 5.74) is 4.91. The van der Waals surface area contributed by atoms with Crippen molar-refractivity contribution in [3.05, 3.63) is 76.3 Å². The zero-order valence-corrected chi connectivity index (χ0v) is 17.3. The second-order valence-electron chi connectivity index (χ2n) is 7.61. The molecule has 0 radical (unpaired) electrons. The summed E-state index contributed by atoms with van der Waals surface area (Å²) in [6, 6.07) is 13.2. The van der Waals surface area contributed by atoms with Crippen LogP contribution in [-0.4, -0.2) is 51.8 Å². The van der Waals surface area contributed by atoms with Gasteiger partial charge in [-0.2, -0.15) is 5.10 Å². The van der Waals surface area contributed by atoms with Crippen molar-refractivity contribution in [1.29, 1.82) is 0 Å². The topological polar surface area (TPSA) is 71.3 Å². The van der Waals surface area contributed by atoms with Crippen LogP contribution in [0.5, 0.6) is 0 Å². The molecule has 1 fully saturated rings. The van der Waals surface area contributed by atoms with E-state index in [1.165, 1.54) is 27.6 Å². The Bertz CT molecular complexity index is 1100. The molecule has 0 bridgehead atoms. The van der Waals surface area contributed by atoms with E-state index in [1.54, 1.807) is 18.5 Å². The molecule has 0 N–H and O–H groups in total. The number of pyridine rings is 1. The van der Waals surface area contributed by atoms with Crippen molar-refractivity contribution in [2.24, 2.45) is 0 Å². The van der Waals surface area contributed by atoms with Crippen LogP contribution in [0.3, 0.4) is 0 Å². The van der Waals surface area contributed by atoms with Gasteiger partial charge >= 0.3 is 0 Å². The van der Waals surface area contributed by atoms with E-state index < -0.39 is 0 Å². The lowest BCUT2D eigenvalue weighted by molar-refractivity contribution is -0.132. The highest BCUT2D eigenvalue weighted by Gasteiger charge is 2.23. The van der Waals surface area contributed by atoms with Crippen LogP contribution in [0.15, 0.2) is 59.7 Å². The van der Waals surface area contributed by atoms with Gasteiger partial charge in [0.25, 0.3) is 5.56 Å². The van der Waals surface area contributed by atoms with Gasteiger partial charge in [0.05, 0.1) is 5.69 Å². The van der Waals surface area contributed by atoms with E-state index in [9.17, 15) is 9.59 Å². The third-order valence-corrected chi connectivity index (χ3v) is 5.47. The second kappa shape index (κ2) is 8.49. The Morgan fingerprint density at radius 2 is 1.70 bits per heavy atom. The number of hydrogen-bond acceptors (Lipinski definition) is 5. The Hall–Kier alpha value is -3.48. The average Bonchev–Trinajstić information content (AvgIpc) is 2.77. The van der Waals surface area contributed by atoms with Crippen LogP contribution < -0.4 is 10.5 Å². The van der Waals surface area contributed by atoms with Crippen molar-refractivity contribution in [2.45, 2.75) is 20.4 Å². The first kappa shape index (κ1) is 19.8. The molecule has 1 aliphatic heterocycles. The molecule has 0 aliphatic carbocycles. The Balaban J connectivity index is 1.43. The molecule has 30 heavy (non-hydrogen) atoms. The molecule has 0 spiro atoms. The van der Waals surface area contributed by atoms with Crippen LogP contribution in [-0.2, 0) is 11.3 Å². The number of aryl methyl sites for hydroxylation is 2. The van der Waals surface area contributed by atoms with Gasteiger partial charge in [0, 0.05) is 55.9 Å². The lowest BCUT2D eigenvalue weighted by Gasteiger charge is -2.37. The number of benzene rings is 1. The molecule has 1 saturated heterocycles. The van der Waals surface area contributed by atoms with Gasteiger partial charge in [0.15, 0.2) is 0 Å². The lowest BCUT2D eigenvalue weighted by atomic mass is 10.1.